The zero-order chi connectivity index (χ0) is 10.4. The maximum Gasteiger partial charge on any atom is 0.0794 e. The highest BCUT2D eigenvalue weighted by atomic mass is 79.9. The van der Waals surface area contributed by atoms with Crippen molar-refractivity contribution in [3.05, 3.63) is 16.6 Å². The molecule has 0 aliphatic heterocycles. The second kappa shape index (κ2) is 6.23. The van der Waals surface area contributed by atoms with Crippen LogP contribution < -0.4 is 0 Å². The molecule has 1 aromatic heterocycles. The molecule has 1 rings (SSSR count). The highest BCUT2D eigenvalue weighted by Gasteiger charge is 2.27. The summed E-state index contributed by atoms with van der Waals surface area (Å²) in [6, 6.07) is 0. The van der Waals surface area contributed by atoms with Gasteiger partial charge in [0.2, 0.25) is 0 Å². The Kier molecular flexibility index (Phi) is 5.64. The fourth-order valence-electron chi connectivity index (χ4n) is 1.59. The maximum atomic E-state index is 4.36. The van der Waals surface area contributed by atoms with E-state index in [1.165, 1.54) is 18.5 Å². The van der Waals surface area contributed by atoms with Gasteiger partial charge in [-0.05, 0) is 18.3 Å². The summed E-state index contributed by atoms with van der Waals surface area (Å²) in [5.74, 6) is 0. The minimum atomic E-state index is 0.336. The molecule has 1 aromatic rings. The minimum absolute atomic E-state index is 0.336. The molecular weight excluding hydrogens is 326 g/mol. The van der Waals surface area contributed by atoms with Crippen molar-refractivity contribution in [2.75, 3.05) is 10.7 Å². The van der Waals surface area contributed by atoms with E-state index in [2.05, 4.69) is 49.1 Å². The van der Waals surface area contributed by atoms with Gasteiger partial charge in [-0.2, -0.15) is 0 Å². The lowest BCUT2D eigenvalue weighted by Gasteiger charge is -2.28. The van der Waals surface area contributed by atoms with Gasteiger partial charge < -0.3 is 0 Å². The predicted molar refractivity (Wildman–Crippen MR) is 70.7 cm³/mol. The third-order valence-electron chi connectivity index (χ3n) is 2.39. The highest BCUT2D eigenvalue weighted by molar-refractivity contribution is 9.09. The Morgan fingerprint density at radius 1 is 1.43 bits per heavy atom. The Balaban J connectivity index is 2.67. The van der Waals surface area contributed by atoms with Gasteiger partial charge in [0.25, 0.3) is 0 Å². The minimum Gasteiger partial charge on any atom is -0.250 e. The van der Waals surface area contributed by atoms with Crippen LogP contribution in [-0.2, 0) is 6.42 Å². The van der Waals surface area contributed by atoms with Crippen molar-refractivity contribution in [1.82, 2.24) is 4.98 Å². The zero-order valence-electron chi connectivity index (χ0n) is 8.30. The molecule has 0 saturated heterocycles. The van der Waals surface area contributed by atoms with Gasteiger partial charge in [0.1, 0.15) is 0 Å². The third-order valence-corrected chi connectivity index (χ3v) is 5.40. The number of thiazole rings is 1. The quantitative estimate of drug-likeness (QED) is 0.705. The van der Waals surface area contributed by atoms with E-state index in [0.29, 0.717) is 5.41 Å². The monoisotopic (exact) mass is 339 g/mol. The summed E-state index contributed by atoms with van der Waals surface area (Å²) < 4.78 is 0. The number of nitrogens with zero attached hydrogens (tertiary/aromatic N) is 1. The molecule has 0 fully saturated rings. The van der Waals surface area contributed by atoms with Crippen LogP contribution in [0, 0.1) is 5.41 Å². The molecule has 0 bridgehead atoms. The van der Waals surface area contributed by atoms with Crippen molar-refractivity contribution in [1.29, 1.82) is 0 Å². The molecule has 0 unspecified atom stereocenters. The van der Waals surface area contributed by atoms with Crippen molar-refractivity contribution in [2.24, 2.45) is 5.41 Å². The molecule has 1 heterocycles. The number of aromatic nitrogens is 1. The van der Waals surface area contributed by atoms with Crippen molar-refractivity contribution in [3.8, 4) is 0 Å². The van der Waals surface area contributed by atoms with Crippen LogP contribution in [0.15, 0.2) is 10.9 Å². The molecule has 4 heteroatoms. The Labute approximate surface area is 107 Å². The van der Waals surface area contributed by atoms with Gasteiger partial charge >= 0.3 is 0 Å². The Hall–Kier alpha value is 0.590. The molecule has 0 atom stereocenters. The van der Waals surface area contributed by atoms with E-state index < -0.39 is 0 Å². The van der Waals surface area contributed by atoms with Crippen LogP contribution in [0.2, 0.25) is 0 Å². The molecule has 0 saturated carbocycles. The average Bonchev–Trinajstić information content (AvgIpc) is 2.69. The molecule has 14 heavy (non-hydrogen) atoms. The van der Waals surface area contributed by atoms with Crippen LogP contribution >= 0.6 is 43.2 Å². The predicted octanol–water partition coefficient (Wildman–Crippen LogP) is 4.26. The van der Waals surface area contributed by atoms with Crippen LogP contribution in [0.3, 0.4) is 0 Å². The van der Waals surface area contributed by atoms with E-state index >= 15 is 0 Å². The topological polar surface area (TPSA) is 12.9 Å². The largest absolute Gasteiger partial charge is 0.250 e. The van der Waals surface area contributed by atoms with Crippen LogP contribution in [-0.4, -0.2) is 15.6 Å². The van der Waals surface area contributed by atoms with E-state index in [9.17, 15) is 0 Å². The van der Waals surface area contributed by atoms with Gasteiger partial charge in [-0.1, -0.05) is 45.2 Å². The highest BCUT2D eigenvalue weighted by Crippen LogP contribution is 2.32. The normalized spacial score (nSPS) is 11.9. The van der Waals surface area contributed by atoms with Gasteiger partial charge in [-0.15, -0.1) is 11.3 Å². The van der Waals surface area contributed by atoms with Crippen LogP contribution in [0.4, 0.5) is 0 Å². The summed E-state index contributed by atoms with van der Waals surface area (Å²) in [7, 11) is 0. The van der Waals surface area contributed by atoms with E-state index in [0.717, 1.165) is 17.1 Å². The molecule has 0 spiro atoms. The van der Waals surface area contributed by atoms with Crippen LogP contribution in [0.5, 0.6) is 0 Å². The number of halogens is 2. The first-order chi connectivity index (χ1) is 6.76. The Morgan fingerprint density at radius 3 is 2.57 bits per heavy atom. The SMILES string of the molecule is CCCC(CBr)(CBr)Cc1cscn1. The standard InChI is InChI=1S/C10H15Br2NS/c1-2-3-10(6-11,7-12)4-9-5-14-8-13-9/h5,8H,2-4,6-7H2,1H3. The lowest BCUT2D eigenvalue weighted by Crippen LogP contribution is -2.27. The lowest BCUT2D eigenvalue weighted by molar-refractivity contribution is 0.349. The molecule has 0 radical (unpaired) electrons. The van der Waals surface area contributed by atoms with Crippen molar-refractivity contribution in [2.45, 2.75) is 26.2 Å². The third kappa shape index (κ3) is 3.31. The molecule has 0 N–H and O–H groups in total. The Morgan fingerprint density at radius 2 is 2.14 bits per heavy atom. The van der Waals surface area contributed by atoms with E-state index in [1.54, 1.807) is 11.3 Å². The fourth-order valence-corrected chi connectivity index (χ4v) is 4.04. The average molecular weight is 341 g/mol. The van der Waals surface area contributed by atoms with Crippen molar-refractivity contribution >= 4 is 43.2 Å². The fraction of sp³-hybridized carbons (Fsp3) is 0.700. The smallest absolute Gasteiger partial charge is 0.0794 e. The van der Waals surface area contributed by atoms with Gasteiger partial charge in [0, 0.05) is 16.0 Å². The van der Waals surface area contributed by atoms with Crippen molar-refractivity contribution < 1.29 is 0 Å². The molecular formula is C10H15Br2NS. The molecule has 80 valence electrons. The summed E-state index contributed by atoms with van der Waals surface area (Å²) >= 11 is 8.93. The van der Waals surface area contributed by atoms with Gasteiger partial charge in [0.05, 0.1) is 11.2 Å². The second-order valence-corrected chi connectivity index (χ2v) is 5.51. The Bertz CT molecular complexity index is 245. The van der Waals surface area contributed by atoms with Gasteiger partial charge in [-0.25, -0.2) is 4.98 Å². The number of hydrogen-bond acceptors (Lipinski definition) is 2. The maximum absolute atomic E-state index is 4.36. The molecule has 0 aromatic carbocycles. The summed E-state index contributed by atoms with van der Waals surface area (Å²) in [5, 5.41) is 4.23. The van der Waals surface area contributed by atoms with E-state index in [4.69, 9.17) is 0 Å². The summed E-state index contributed by atoms with van der Waals surface area (Å²) in [6.45, 7) is 2.24. The molecule has 0 aliphatic carbocycles. The van der Waals surface area contributed by atoms with E-state index in [1.807, 2.05) is 5.51 Å². The van der Waals surface area contributed by atoms with Crippen LogP contribution in [0.25, 0.3) is 0 Å². The van der Waals surface area contributed by atoms with Gasteiger partial charge in [-0.3, -0.25) is 0 Å². The van der Waals surface area contributed by atoms with Crippen LogP contribution in [0.1, 0.15) is 25.5 Å². The second-order valence-electron chi connectivity index (χ2n) is 3.67. The lowest BCUT2D eigenvalue weighted by atomic mass is 9.83. The number of alkyl halides is 2. The zero-order valence-corrected chi connectivity index (χ0v) is 12.3. The summed E-state index contributed by atoms with van der Waals surface area (Å²) in [5.41, 5.74) is 3.47. The molecule has 0 amide bonds. The summed E-state index contributed by atoms with van der Waals surface area (Å²) in [4.78, 5) is 4.36. The first-order valence-corrected chi connectivity index (χ1v) is 7.94. The van der Waals surface area contributed by atoms with Gasteiger partial charge in [0.15, 0.2) is 0 Å². The van der Waals surface area contributed by atoms with Crippen molar-refractivity contribution in [3.63, 3.8) is 0 Å². The van der Waals surface area contributed by atoms with E-state index in [-0.39, 0.29) is 0 Å². The summed E-state index contributed by atoms with van der Waals surface area (Å²) in [6.07, 6.45) is 3.53. The first kappa shape index (κ1) is 12.7. The number of rotatable bonds is 6. The molecule has 1 nitrogen and oxygen atoms in total. The number of hydrogen-bond donors (Lipinski definition) is 0. The first-order valence-electron chi connectivity index (χ1n) is 4.75. The molecule has 0 aliphatic rings.